The summed E-state index contributed by atoms with van der Waals surface area (Å²) in [5, 5.41) is 0.390. The molecule has 0 saturated carbocycles. The van der Waals surface area contributed by atoms with Gasteiger partial charge in [-0.25, -0.2) is 0 Å². The Hall–Kier alpha value is -2.00. The van der Waals surface area contributed by atoms with Crippen LogP contribution in [-0.4, -0.2) is 11.9 Å². The standard InChI is InChI=1S/C15H12ClNO2/c16-11-7-10(5-6-12(11)17)15(18)14-8-9-3-1-2-4-13(9)19-14/h1-7,14H,8,17H2. The van der Waals surface area contributed by atoms with E-state index in [1.807, 2.05) is 24.3 Å². The molecule has 0 amide bonds. The van der Waals surface area contributed by atoms with Crippen molar-refractivity contribution in [2.45, 2.75) is 12.5 Å². The van der Waals surface area contributed by atoms with E-state index >= 15 is 0 Å². The molecular weight excluding hydrogens is 262 g/mol. The number of ketones is 1. The van der Waals surface area contributed by atoms with Crippen LogP contribution < -0.4 is 10.5 Å². The molecule has 2 aromatic carbocycles. The highest BCUT2D eigenvalue weighted by Crippen LogP contribution is 2.30. The zero-order chi connectivity index (χ0) is 13.4. The molecule has 2 N–H and O–H groups in total. The lowest BCUT2D eigenvalue weighted by Crippen LogP contribution is -2.25. The summed E-state index contributed by atoms with van der Waals surface area (Å²) in [5.41, 5.74) is 7.69. The van der Waals surface area contributed by atoms with Crippen LogP contribution in [0.3, 0.4) is 0 Å². The summed E-state index contributed by atoms with van der Waals surface area (Å²) in [6.45, 7) is 0. The minimum absolute atomic E-state index is 0.0712. The first-order valence-corrected chi connectivity index (χ1v) is 6.37. The van der Waals surface area contributed by atoms with Crippen LogP contribution in [0.2, 0.25) is 5.02 Å². The Balaban J connectivity index is 1.85. The van der Waals surface area contributed by atoms with E-state index in [0.717, 1.165) is 11.3 Å². The van der Waals surface area contributed by atoms with Gasteiger partial charge in [-0.05, 0) is 29.8 Å². The topological polar surface area (TPSA) is 52.3 Å². The van der Waals surface area contributed by atoms with Crippen molar-refractivity contribution in [1.82, 2.24) is 0 Å². The Labute approximate surface area is 115 Å². The highest BCUT2D eigenvalue weighted by Gasteiger charge is 2.29. The second-order valence-electron chi connectivity index (χ2n) is 4.52. The third kappa shape index (κ3) is 2.17. The van der Waals surface area contributed by atoms with Crippen LogP contribution in [0.4, 0.5) is 5.69 Å². The van der Waals surface area contributed by atoms with Crippen molar-refractivity contribution >= 4 is 23.1 Å². The number of rotatable bonds is 2. The van der Waals surface area contributed by atoms with Gasteiger partial charge in [-0.15, -0.1) is 0 Å². The van der Waals surface area contributed by atoms with Crippen LogP contribution in [0.5, 0.6) is 5.75 Å². The van der Waals surface area contributed by atoms with Crippen LogP contribution >= 0.6 is 11.6 Å². The van der Waals surface area contributed by atoms with Crippen molar-refractivity contribution in [2.75, 3.05) is 5.73 Å². The van der Waals surface area contributed by atoms with Crippen molar-refractivity contribution in [3.63, 3.8) is 0 Å². The number of para-hydroxylation sites is 1. The first kappa shape index (κ1) is 12.1. The zero-order valence-electron chi connectivity index (χ0n) is 10.1. The fraction of sp³-hybridized carbons (Fsp3) is 0.133. The van der Waals surface area contributed by atoms with E-state index in [1.165, 1.54) is 0 Å². The van der Waals surface area contributed by atoms with Crippen molar-refractivity contribution < 1.29 is 9.53 Å². The molecule has 0 aromatic heterocycles. The third-order valence-electron chi connectivity index (χ3n) is 3.22. The van der Waals surface area contributed by atoms with Crippen LogP contribution in [0.25, 0.3) is 0 Å². The van der Waals surface area contributed by atoms with Gasteiger partial charge >= 0.3 is 0 Å². The Kier molecular flexibility index (Phi) is 2.91. The van der Waals surface area contributed by atoms with E-state index in [0.29, 0.717) is 22.7 Å². The van der Waals surface area contributed by atoms with Gasteiger partial charge < -0.3 is 10.5 Å². The number of benzene rings is 2. The molecule has 1 aliphatic rings. The van der Waals surface area contributed by atoms with E-state index in [2.05, 4.69) is 0 Å². The number of halogens is 1. The number of nitrogens with two attached hydrogens (primary N) is 1. The molecule has 0 spiro atoms. The van der Waals surface area contributed by atoms with Crippen LogP contribution in [0, 0.1) is 0 Å². The summed E-state index contributed by atoms with van der Waals surface area (Å²) in [6, 6.07) is 12.6. The monoisotopic (exact) mass is 273 g/mol. The number of anilines is 1. The fourth-order valence-electron chi connectivity index (χ4n) is 2.19. The third-order valence-corrected chi connectivity index (χ3v) is 3.55. The van der Waals surface area contributed by atoms with Gasteiger partial charge in [-0.2, -0.15) is 0 Å². The minimum atomic E-state index is -0.475. The first-order chi connectivity index (χ1) is 9.15. The summed E-state index contributed by atoms with van der Waals surface area (Å²) in [5.74, 6) is 0.709. The quantitative estimate of drug-likeness (QED) is 0.676. The van der Waals surface area contributed by atoms with E-state index in [4.69, 9.17) is 22.1 Å². The van der Waals surface area contributed by atoms with Crippen molar-refractivity contribution in [2.24, 2.45) is 0 Å². The second kappa shape index (κ2) is 4.59. The van der Waals surface area contributed by atoms with E-state index < -0.39 is 6.10 Å². The van der Waals surface area contributed by atoms with Crippen molar-refractivity contribution in [1.29, 1.82) is 0 Å². The van der Waals surface area contributed by atoms with Gasteiger partial charge in [-0.3, -0.25) is 4.79 Å². The van der Waals surface area contributed by atoms with E-state index in [1.54, 1.807) is 18.2 Å². The molecule has 3 nitrogen and oxygen atoms in total. The molecule has 0 radical (unpaired) electrons. The average Bonchev–Trinajstić information content (AvgIpc) is 2.85. The first-order valence-electron chi connectivity index (χ1n) is 5.99. The predicted molar refractivity (Wildman–Crippen MR) is 74.8 cm³/mol. The lowest BCUT2D eigenvalue weighted by molar-refractivity contribution is 0.0825. The maximum Gasteiger partial charge on any atom is 0.203 e. The number of hydrogen-bond donors (Lipinski definition) is 1. The molecule has 1 atom stereocenters. The van der Waals surface area contributed by atoms with Gasteiger partial charge in [0.2, 0.25) is 5.78 Å². The van der Waals surface area contributed by atoms with Gasteiger partial charge in [0, 0.05) is 12.0 Å². The molecular formula is C15H12ClNO2. The molecule has 0 fully saturated rings. The number of fused-ring (bicyclic) bond motifs is 1. The number of hydrogen-bond acceptors (Lipinski definition) is 3. The van der Waals surface area contributed by atoms with E-state index in [-0.39, 0.29) is 5.78 Å². The highest BCUT2D eigenvalue weighted by atomic mass is 35.5. The zero-order valence-corrected chi connectivity index (χ0v) is 10.9. The Morgan fingerprint density at radius 3 is 2.79 bits per heavy atom. The normalized spacial score (nSPS) is 16.8. The van der Waals surface area contributed by atoms with E-state index in [9.17, 15) is 4.79 Å². The van der Waals surface area contributed by atoms with Crippen molar-refractivity contribution in [3.8, 4) is 5.75 Å². The van der Waals surface area contributed by atoms with Crippen LogP contribution in [0.1, 0.15) is 15.9 Å². The van der Waals surface area contributed by atoms with Gasteiger partial charge in [-0.1, -0.05) is 29.8 Å². The largest absolute Gasteiger partial charge is 0.482 e. The number of carbonyl (C=O) groups is 1. The molecule has 0 bridgehead atoms. The summed E-state index contributed by atoms with van der Waals surface area (Å²) < 4.78 is 5.67. The Morgan fingerprint density at radius 1 is 1.26 bits per heavy atom. The fourth-order valence-corrected chi connectivity index (χ4v) is 2.38. The molecule has 0 saturated heterocycles. The maximum absolute atomic E-state index is 12.4. The Bertz CT molecular complexity index is 629. The molecule has 1 heterocycles. The number of nitrogen functional groups attached to an aromatic ring is 1. The second-order valence-corrected chi connectivity index (χ2v) is 4.93. The van der Waals surface area contributed by atoms with Gasteiger partial charge in [0.1, 0.15) is 5.75 Å². The highest BCUT2D eigenvalue weighted by molar-refractivity contribution is 6.33. The number of carbonyl (C=O) groups excluding carboxylic acids is 1. The summed E-state index contributed by atoms with van der Waals surface area (Å²) in [4.78, 5) is 12.4. The lowest BCUT2D eigenvalue weighted by Gasteiger charge is -2.10. The smallest absolute Gasteiger partial charge is 0.203 e. The van der Waals surface area contributed by atoms with Crippen LogP contribution in [0.15, 0.2) is 42.5 Å². The molecule has 4 heteroatoms. The van der Waals surface area contributed by atoms with Crippen LogP contribution in [-0.2, 0) is 6.42 Å². The SMILES string of the molecule is Nc1ccc(C(=O)C2Cc3ccccc3O2)cc1Cl. The van der Waals surface area contributed by atoms with Gasteiger partial charge in [0.25, 0.3) is 0 Å². The predicted octanol–water partition coefficient (Wildman–Crippen LogP) is 3.11. The number of Topliss-reactive ketones (excluding diaryl/α,β-unsaturated/α-hetero) is 1. The molecule has 19 heavy (non-hydrogen) atoms. The molecule has 0 aliphatic carbocycles. The summed E-state index contributed by atoms with van der Waals surface area (Å²) in [7, 11) is 0. The van der Waals surface area contributed by atoms with Gasteiger partial charge in [0.05, 0.1) is 10.7 Å². The summed E-state index contributed by atoms with van der Waals surface area (Å²) >= 11 is 5.94. The lowest BCUT2D eigenvalue weighted by atomic mass is 10.0. The summed E-state index contributed by atoms with van der Waals surface area (Å²) in [6.07, 6.45) is 0.119. The Morgan fingerprint density at radius 2 is 2.05 bits per heavy atom. The maximum atomic E-state index is 12.4. The molecule has 96 valence electrons. The average molecular weight is 274 g/mol. The number of ether oxygens (including phenoxy) is 1. The molecule has 1 aliphatic heterocycles. The van der Waals surface area contributed by atoms with Gasteiger partial charge in [0.15, 0.2) is 6.10 Å². The minimum Gasteiger partial charge on any atom is -0.482 e. The molecule has 3 rings (SSSR count). The molecule has 1 unspecified atom stereocenters. The molecule has 2 aromatic rings. The van der Waals surface area contributed by atoms with Crippen molar-refractivity contribution in [3.05, 3.63) is 58.6 Å².